The number of nitrogen functional groups attached to an aromatic ring is 1. The standard InChI is InChI=1S/C10H13N5OS3/c1-3-6(18-10-15-14-8(11)19-10)7(16)13-9-12-5(2)4-17-9/h4,6H,3H2,1-2H3,(H2,11,14)(H,12,13,16). The Labute approximate surface area is 122 Å². The Morgan fingerprint density at radius 3 is 2.89 bits per heavy atom. The van der Waals surface area contributed by atoms with Crippen LogP contribution in [0.4, 0.5) is 10.3 Å². The number of thioether (sulfide) groups is 1. The molecular weight excluding hydrogens is 302 g/mol. The number of anilines is 2. The summed E-state index contributed by atoms with van der Waals surface area (Å²) in [6, 6.07) is 0. The van der Waals surface area contributed by atoms with Crippen LogP contribution in [0.1, 0.15) is 19.0 Å². The first-order valence-corrected chi connectivity index (χ1v) is 8.14. The van der Waals surface area contributed by atoms with Crippen LogP contribution in [-0.2, 0) is 4.79 Å². The van der Waals surface area contributed by atoms with Crippen molar-refractivity contribution < 1.29 is 4.79 Å². The molecule has 0 radical (unpaired) electrons. The second-order valence-corrected chi connectivity index (χ2v) is 7.02. The summed E-state index contributed by atoms with van der Waals surface area (Å²) in [5.74, 6) is -0.0735. The van der Waals surface area contributed by atoms with E-state index in [1.807, 2.05) is 19.2 Å². The van der Waals surface area contributed by atoms with Crippen molar-refractivity contribution in [2.24, 2.45) is 0 Å². The molecule has 2 aromatic heterocycles. The van der Waals surface area contributed by atoms with Crippen molar-refractivity contribution >= 4 is 50.6 Å². The van der Waals surface area contributed by atoms with Crippen molar-refractivity contribution in [3.8, 4) is 0 Å². The fourth-order valence-corrected chi connectivity index (χ4v) is 3.80. The third-order valence-corrected chi connectivity index (χ3v) is 5.25. The lowest BCUT2D eigenvalue weighted by molar-refractivity contribution is -0.115. The third-order valence-electron chi connectivity index (χ3n) is 2.18. The van der Waals surface area contributed by atoms with Gasteiger partial charge in [0.25, 0.3) is 0 Å². The molecule has 0 aliphatic heterocycles. The van der Waals surface area contributed by atoms with E-state index in [9.17, 15) is 4.79 Å². The molecule has 2 rings (SSSR count). The Bertz CT molecular complexity index is 567. The summed E-state index contributed by atoms with van der Waals surface area (Å²) in [6.07, 6.45) is 0.695. The minimum Gasteiger partial charge on any atom is -0.374 e. The highest BCUT2D eigenvalue weighted by molar-refractivity contribution is 8.02. The number of hydrogen-bond acceptors (Lipinski definition) is 8. The molecule has 0 aliphatic carbocycles. The van der Waals surface area contributed by atoms with Gasteiger partial charge in [0.15, 0.2) is 9.47 Å². The van der Waals surface area contributed by atoms with Gasteiger partial charge in [0, 0.05) is 5.38 Å². The van der Waals surface area contributed by atoms with Crippen LogP contribution in [0.15, 0.2) is 9.72 Å². The average molecular weight is 315 g/mol. The molecule has 0 saturated carbocycles. The van der Waals surface area contributed by atoms with E-state index in [0.29, 0.717) is 21.0 Å². The van der Waals surface area contributed by atoms with Gasteiger partial charge >= 0.3 is 0 Å². The molecule has 1 amide bonds. The van der Waals surface area contributed by atoms with E-state index in [-0.39, 0.29) is 11.2 Å². The lowest BCUT2D eigenvalue weighted by Crippen LogP contribution is -2.24. The first-order valence-electron chi connectivity index (χ1n) is 5.57. The Morgan fingerprint density at radius 1 is 1.58 bits per heavy atom. The highest BCUT2D eigenvalue weighted by Gasteiger charge is 2.20. The van der Waals surface area contributed by atoms with Crippen LogP contribution in [0.2, 0.25) is 0 Å². The first kappa shape index (κ1) is 14.2. The van der Waals surface area contributed by atoms with Crippen LogP contribution in [0, 0.1) is 6.92 Å². The van der Waals surface area contributed by atoms with E-state index < -0.39 is 0 Å². The second kappa shape index (κ2) is 6.31. The molecule has 0 fully saturated rings. The van der Waals surface area contributed by atoms with Crippen LogP contribution >= 0.6 is 34.4 Å². The number of rotatable bonds is 5. The van der Waals surface area contributed by atoms with Crippen molar-refractivity contribution in [3.05, 3.63) is 11.1 Å². The molecule has 0 spiro atoms. The van der Waals surface area contributed by atoms with Crippen LogP contribution in [-0.4, -0.2) is 26.3 Å². The van der Waals surface area contributed by atoms with Gasteiger partial charge in [-0.2, -0.15) is 0 Å². The molecule has 6 nitrogen and oxygen atoms in total. The second-order valence-electron chi connectivity index (χ2n) is 3.70. The molecule has 0 aromatic carbocycles. The van der Waals surface area contributed by atoms with Gasteiger partial charge in [-0.3, -0.25) is 4.79 Å². The lowest BCUT2D eigenvalue weighted by atomic mass is 10.3. The first-order chi connectivity index (χ1) is 9.08. The summed E-state index contributed by atoms with van der Waals surface area (Å²) in [5, 5.41) is 13.2. The fourth-order valence-electron chi connectivity index (χ4n) is 1.31. The molecule has 102 valence electrons. The molecule has 9 heteroatoms. The summed E-state index contributed by atoms with van der Waals surface area (Å²) in [6.45, 7) is 3.84. The van der Waals surface area contributed by atoms with Gasteiger partial charge in [-0.25, -0.2) is 4.98 Å². The number of carbonyl (C=O) groups excluding carboxylic acids is 1. The van der Waals surface area contributed by atoms with Crippen molar-refractivity contribution in [2.75, 3.05) is 11.1 Å². The number of nitrogens with zero attached hydrogens (tertiary/aromatic N) is 3. The number of nitrogens with two attached hydrogens (primary N) is 1. The number of carbonyl (C=O) groups is 1. The van der Waals surface area contributed by atoms with Crippen LogP contribution in [0.3, 0.4) is 0 Å². The van der Waals surface area contributed by atoms with E-state index in [2.05, 4.69) is 20.5 Å². The summed E-state index contributed by atoms with van der Waals surface area (Å²) < 4.78 is 0.704. The minimum atomic E-state index is -0.225. The zero-order valence-corrected chi connectivity index (χ0v) is 12.9. The molecule has 1 atom stereocenters. The van der Waals surface area contributed by atoms with Crippen molar-refractivity contribution in [1.29, 1.82) is 0 Å². The van der Waals surface area contributed by atoms with Crippen LogP contribution in [0.5, 0.6) is 0 Å². The number of thiazole rings is 1. The maximum atomic E-state index is 12.1. The highest BCUT2D eigenvalue weighted by atomic mass is 32.2. The smallest absolute Gasteiger partial charge is 0.239 e. The van der Waals surface area contributed by atoms with E-state index in [1.165, 1.54) is 34.4 Å². The van der Waals surface area contributed by atoms with Crippen molar-refractivity contribution in [3.63, 3.8) is 0 Å². The fraction of sp³-hybridized carbons (Fsp3) is 0.400. The predicted octanol–water partition coefficient (Wildman–Crippen LogP) is 2.39. The SMILES string of the molecule is CCC(Sc1nnc(N)s1)C(=O)Nc1nc(C)cs1. The molecule has 2 heterocycles. The normalized spacial score (nSPS) is 12.3. The molecule has 0 saturated heterocycles. The highest BCUT2D eigenvalue weighted by Crippen LogP contribution is 2.30. The molecule has 0 bridgehead atoms. The lowest BCUT2D eigenvalue weighted by Gasteiger charge is -2.11. The van der Waals surface area contributed by atoms with Crippen molar-refractivity contribution in [2.45, 2.75) is 29.9 Å². The molecule has 2 aromatic rings. The zero-order valence-electron chi connectivity index (χ0n) is 10.4. The Kier molecular flexibility index (Phi) is 4.72. The predicted molar refractivity (Wildman–Crippen MR) is 79.7 cm³/mol. The largest absolute Gasteiger partial charge is 0.374 e. The van der Waals surface area contributed by atoms with E-state index in [4.69, 9.17) is 5.73 Å². The van der Waals surface area contributed by atoms with Gasteiger partial charge in [-0.15, -0.1) is 21.5 Å². The number of aryl methyl sites for hydroxylation is 1. The topological polar surface area (TPSA) is 93.8 Å². The monoisotopic (exact) mass is 315 g/mol. The summed E-state index contributed by atoms with van der Waals surface area (Å²) in [5.41, 5.74) is 6.42. The van der Waals surface area contributed by atoms with Gasteiger partial charge in [-0.05, 0) is 13.3 Å². The molecule has 3 N–H and O–H groups in total. The maximum absolute atomic E-state index is 12.1. The van der Waals surface area contributed by atoms with Crippen LogP contribution < -0.4 is 11.1 Å². The molecule has 1 unspecified atom stereocenters. The Balaban J connectivity index is 1.98. The maximum Gasteiger partial charge on any atom is 0.239 e. The van der Waals surface area contributed by atoms with Crippen molar-refractivity contribution in [1.82, 2.24) is 15.2 Å². The summed E-state index contributed by atoms with van der Waals surface area (Å²) in [4.78, 5) is 16.3. The Morgan fingerprint density at radius 2 is 2.37 bits per heavy atom. The zero-order chi connectivity index (χ0) is 13.8. The molecular formula is C10H13N5OS3. The Hall–Kier alpha value is -1.19. The minimum absolute atomic E-state index is 0.0735. The molecule has 19 heavy (non-hydrogen) atoms. The van der Waals surface area contributed by atoms with E-state index in [0.717, 1.165) is 5.69 Å². The molecule has 0 aliphatic rings. The van der Waals surface area contributed by atoms with Gasteiger partial charge < -0.3 is 11.1 Å². The van der Waals surface area contributed by atoms with Gasteiger partial charge in [0.2, 0.25) is 11.0 Å². The third kappa shape index (κ3) is 3.88. The van der Waals surface area contributed by atoms with E-state index >= 15 is 0 Å². The van der Waals surface area contributed by atoms with Gasteiger partial charge in [0.05, 0.1) is 10.9 Å². The summed E-state index contributed by atoms with van der Waals surface area (Å²) >= 11 is 4.08. The number of aromatic nitrogens is 3. The number of hydrogen-bond donors (Lipinski definition) is 2. The van der Waals surface area contributed by atoms with E-state index in [1.54, 1.807) is 0 Å². The van der Waals surface area contributed by atoms with Gasteiger partial charge in [0.1, 0.15) is 0 Å². The quantitative estimate of drug-likeness (QED) is 0.823. The number of nitrogens with one attached hydrogen (secondary N) is 1. The summed E-state index contributed by atoms with van der Waals surface area (Å²) in [7, 11) is 0. The number of amides is 1. The average Bonchev–Trinajstić information content (AvgIpc) is 2.95. The van der Waals surface area contributed by atoms with Gasteiger partial charge in [-0.1, -0.05) is 30.0 Å². The van der Waals surface area contributed by atoms with Crippen LogP contribution in [0.25, 0.3) is 0 Å².